The second-order valence-corrected chi connectivity index (χ2v) is 0. The zero-order valence-electron chi connectivity index (χ0n) is 14.0. The summed E-state index contributed by atoms with van der Waals surface area (Å²) in [5.41, 5.74) is 0. The van der Waals surface area contributed by atoms with Gasteiger partial charge in [-0.25, -0.2) is 0 Å². The molecule has 17 heavy (non-hydrogen) atoms. The first-order chi connectivity index (χ1) is 6.00. The molecular formula is C6H4FeK3N6Na. The first-order valence-corrected chi connectivity index (χ1v) is 1.34. The molecule has 0 aromatic carbocycles. The Balaban J connectivity index is -0.00000000146. The SMILES string of the molecule is [C-]#N.[C-]#N.[C-]#N.[C-]#N.[C-]#N.[C-]#N.[Fe+6].[H-].[H-].[H-].[H-].[K+].[K+].[K+].[Na+]. The summed E-state index contributed by atoms with van der Waals surface area (Å²) in [6, 6.07) is 0. The minimum atomic E-state index is 0. The Labute approximate surface area is 270 Å². The molecule has 0 aromatic heterocycles. The predicted octanol–water partition coefficient (Wildman–Crippen LogP) is -11.0. The van der Waals surface area contributed by atoms with Crippen molar-refractivity contribution in [2.45, 2.75) is 0 Å². The Morgan fingerprint density at radius 3 is 0.412 bits per heavy atom. The second kappa shape index (κ2) is 576. The fourth-order valence-electron chi connectivity index (χ4n) is 0. The fraction of sp³-hybridized carbons (Fsp3) is 0. The number of hydrogen-bond acceptors (Lipinski definition) is 6. The molecule has 0 rings (SSSR count). The molecule has 0 N–H and O–H groups in total. The van der Waals surface area contributed by atoms with Crippen LogP contribution in [0.5, 0.6) is 0 Å². The normalized spacial score (nSPS) is 0.706. The molecule has 0 amide bonds. The molecule has 0 aliphatic carbocycles. The van der Waals surface area contributed by atoms with Crippen molar-refractivity contribution < 1.29 is 206 Å². The molecule has 0 bridgehead atoms. The molecule has 0 spiro atoms. The third kappa shape index (κ3) is 515. The van der Waals surface area contributed by atoms with Crippen LogP contribution in [-0.4, -0.2) is 0 Å². The summed E-state index contributed by atoms with van der Waals surface area (Å²) in [5.74, 6) is 0. The first-order valence-electron chi connectivity index (χ1n) is 1.34. The Morgan fingerprint density at radius 1 is 0.412 bits per heavy atom. The minimum absolute atomic E-state index is 0. The van der Waals surface area contributed by atoms with Crippen LogP contribution in [0.4, 0.5) is 0 Å². The molecule has 0 aliphatic heterocycles. The number of nitrogens with zero attached hydrogens (tertiary/aromatic N) is 6. The van der Waals surface area contributed by atoms with E-state index in [2.05, 4.69) is 0 Å². The number of hydrogen-bond donors (Lipinski definition) is 0. The zero-order valence-corrected chi connectivity index (χ0v) is 22.5. The monoisotopic (exact) mass is 356 g/mol. The smallest absolute Gasteiger partial charge is 1.00 e. The van der Waals surface area contributed by atoms with Crippen molar-refractivity contribution in [1.29, 1.82) is 31.6 Å². The molecule has 0 saturated heterocycles. The van der Waals surface area contributed by atoms with E-state index in [-0.39, 0.29) is 206 Å². The maximum Gasteiger partial charge on any atom is 6.00 e. The van der Waals surface area contributed by atoms with Crippen LogP contribution in [0.25, 0.3) is 0 Å². The van der Waals surface area contributed by atoms with Gasteiger partial charge in [0.25, 0.3) is 0 Å². The summed E-state index contributed by atoms with van der Waals surface area (Å²) < 4.78 is 0. The van der Waals surface area contributed by atoms with Crippen LogP contribution in [0.2, 0.25) is 0 Å². The maximum atomic E-state index is 6.25. The molecule has 70 valence electrons. The van der Waals surface area contributed by atoms with Crippen molar-refractivity contribution in [3.8, 4) is 0 Å². The minimum Gasteiger partial charge on any atom is -1.00 e. The summed E-state index contributed by atoms with van der Waals surface area (Å²) in [6.07, 6.45) is 0. The predicted molar refractivity (Wildman–Crippen MR) is 34.3 cm³/mol. The quantitative estimate of drug-likeness (QED) is 0.311. The van der Waals surface area contributed by atoms with E-state index in [0.717, 1.165) is 0 Å². The first kappa shape index (κ1) is 87.1. The van der Waals surface area contributed by atoms with Crippen LogP contribution in [0.3, 0.4) is 0 Å². The fourth-order valence-corrected chi connectivity index (χ4v) is 0. The molecule has 0 saturated carbocycles. The molecule has 0 fully saturated rings. The largest absolute Gasteiger partial charge is 6.00 e. The summed E-state index contributed by atoms with van der Waals surface area (Å²) in [4.78, 5) is 0. The summed E-state index contributed by atoms with van der Waals surface area (Å²) in [7, 11) is 0. The molecule has 6 nitrogen and oxygen atoms in total. The van der Waals surface area contributed by atoms with Gasteiger partial charge >= 0.3 is 201 Å². The van der Waals surface area contributed by atoms with E-state index >= 15 is 0 Å². The van der Waals surface area contributed by atoms with E-state index in [9.17, 15) is 0 Å². The second-order valence-electron chi connectivity index (χ2n) is 0. The van der Waals surface area contributed by atoms with Crippen LogP contribution in [0.15, 0.2) is 0 Å². The van der Waals surface area contributed by atoms with Gasteiger partial charge in [0, 0.05) is 0 Å². The molecule has 0 atom stereocenters. The van der Waals surface area contributed by atoms with Gasteiger partial charge in [-0.2, -0.15) is 0 Å². The maximum absolute atomic E-state index is 6.25. The van der Waals surface area contributed by atoms with E-state index in [0.29, 0.717) is 0 Å². The van der Waals surface area contributed by atoms with Gasteiger partial charge in [0.15, 0.2) is 0 Å². The zero-order chi connectivity index (χ0) is 12.0. The summed E-state index contributed by atoms with van der Waals surface area (Å²) in [5, 5.41) is 37.5. The average Bonchev–Trinajstić information content (AvgIpc) is 2.33. The van der Waals surface area contributed by atoms with Gasteiger partial charge in [-0.3, -0.25) is 0 Å². The van der Waals surface area contributed by atoms with Crippen molar-refractivity contribution in [3.05, 3.63) is 39.4 Å². The molecule has 0 aromatic rings. The van der Waals surface area contributed by atoms with E-state index < -0.39 is 0 Å². The molecule has 0 aliphatic rings. The van der Waals surface area contributed by atoms with Gasteiger partial charge < -0.3 is 76.7 Å². The van der Waals surface area contributed by atoms with Crippen LogP contribution < -0.4 is 184 Å². The molecule has 0 heterocycles. The van der Waals surface area contributed by atoms with E-state index in [1.165, 1.54) is 0 Å². The Hall–Kier alpha value is 3.37. The summed E-state index contributed by atoms with van der Waals surface area (Å²) >= 11 is 0. The van der Waals surface area contributed by atoms with Crippen molar-refractivity contribution in [3.63, 3.8) is 0 Å². The molecule has 0 radical (unpaired) electrons. The van der Waals surface area contributed by atoms with Crippen molar-refractivity contribution in [2.24, 2.45) is 0 Å². The Kier molecular flexibility index (Phi) is 2950. The number of rotatable bonds is 0. The van der Waals surface area contributed by atoms with Gasteiger partial charge in [0.1, 0.15) is 0 Å². The van der Waals surface area contributed by atoms with Crippen LogP contribution in [0.1, 0.15) is 5.71 Å². The summed E-state index contributed by atoms with van der Waals surface area (Å²) in [6.45, 7) is 28.5. The average molecular weight is 356 g/mol. The van der Waals surface area contributed by atoms with Gasteiger partial charge in [-0.15, -0.1) is 0 Å². The molecule has 0 unspecified atom stereocenters. The van der Waals surface area contributed by atoms with Crippen LogP contribution in [-0.2, 0) is 17.1 Å². The topological polar surface area (TPSA) is 143 Å². The molecule has 11 heteroatoms. The standard InChI is InChI=1S/6CN.Fe.3K.Na.4H/c6*1-2;;;;;;;;;/q6*-1;+6;4*+1;4*-1. The van der Waals surface area contributed by atoms with Crippen molar-refractivity contribution in [2.75, 3.05) is 0 Å². The van der Waals surface area contributed by atoms with Gasteiger partial charge in [-0.05, 0) is 0 Å². The van der Waals surface area contributed by atoms with Crippen molar-refractivity contribution in [1.82, 2.24) is 0 Å². The van der Waals surface area contributed by atoms with Crippen molar-refractivity contribution >= 4 is 0 Å². The van der Waals surface area contributed by atoms with Crippen LogP contribution in [0, 0.1) is 71.0 Å². The third-order valence-corrected chi connectivity index (χ3v) is 0. The Morgan fingerprint density at radius 2 is 0.412 bits per heavy atom. The van der Waals surface area contributed by atoms with Gasteiger partial charge in [0.05, 0.1) is 0 Å². The molecular weight excluding hydrogens is 352 g/mol. The van der Waals surface area contributed by atoms with Gasteiger partial charge in [0.2, 0.25) is 0 Å². The van der Waals surface area contributed by atoms with E-state index in [1.54, 1.807) is 0 Å². The van der Waals surface area contributed by atoms with E-state index in [4.69, 9.17) is 71.0 Å². The van der Waals surface area contributed by atoms with E-state index in [1.807, 2.05) is 0 Å². The van der Waals surface area contributed by atoms with Crippen LogP contribution >= 0.6 is 0 Å². The van der Waals surface area contributed by atoms with Gasteiger partial charge in [-0.1, -0.05) is 0 Å². The Bertz CT molecular complexity index is 124. The third-order valence-electron chi connectivity index (χ3n) is 0.